The molecule has 0 atom stereocenters. The summed E-state index contributed by atoms with van der Waals surface area (Å²) in [6.45, 7) is 4.15. The molecule has 5 heteroatoms. The highest BCUT2D eigenvalue weighted by Gasteiger charge is 2.11. The summed E-state index contributed by atoms with van der Waals surface area (Å²) in [4.78, 5) is 10.9. The molecule has 4 nitrogen and oxygen atoms in total. The van der Waals surface area contributed by atoms with Crippen LogP contribution in [0.25, 0.3) is 0 Å². The lowest BCUT2D eigenvalue weighted by atomic mass is 10.3. The maximum Gasteiger partial charge on any atom is 0.189 e. The van der Waals surface area contributed by atoms with E-state index in [4.69, 9.17) is 0 Å². The third-order valence-electron chi connectivity index (χ3n) is 2.24. The minimum atomic E-state index is 0.848. The number of aromatic nitrogens is 2. The maximum atomic E-state index is 4.46. The molecule has 2 rings (SSSR count). The highest BCUT2D eigenvalue weighted by molar-refractivity contribution is 7.98. The van der Waals surface area contributed by atoms with Gasteiger partial charge in [0.25, 0.3) is 0 Å². The van der Waals surface area contributed by atoms with Crippen molar-refractivity contribution in [2.24, 2.45) is 0 Å². The summed E-state index contributed by atoms with van der Waals surface area (Å²) in [5, 5.41) is 4.17. The number of nitrogens with zero attached hydrogens (tertiary/aromatic N) is 3. The van der Waals surface area contributed by atoms with E-state index >= 15 is 0 Å². The lowest BCUT2D eigenvalue weighted by molar-refractivity contribution is 0.582. The molecule has 0 bridgehead atoms. The van der Waals surface area contributed by atoms with E-state index in [0.29, 0.717) is 0 Å². The first-order chi connectivity index (χ1) is 6.90. The summed E-state index contributed by atoms with van der Waals surface area (Å²) in [5.41, 5.74) is 0. The van der Waals surface area contributed by atoms with E-state index in [0.717, 1.165) is 37.2 Å². The normalized spacial score (nSPS) is 17.1. The predicted molar refractivity (Wildman–Crippen MR) is 58.9 cm³/mol. The van der Waals surface area contributed by atoms with Gasteiger partial charge in [0.05, 0.1) is 0 Å². The van der Waals surface area contributed by atoms with Crippen molar-refractivity contribution < 1.29 is 0 Å². The van der Waals surface area contributed by atoms with E-state index in [2.05, 4.69) is 20.2 Å². The van der Waals surface area contributed by atoms with Crippen LogP contribution in [-0.2, 0) is 0 Å². The summed E-state index contributed by atoms with van der Waals surface area (Å²) in [7, 11) is 0. The molecule has 1 fully saturated rings. The highest BCUT2D eigenvalue weighted by Crippen LogP contribution is 2.14. The van der Waals surface area contributed by atoms with Crippen LogP contribution in [0.5, 0.6) is 0 Å². The molecule has 0 saturated carbocycles. The molecule has 1 aromatic rings. The Kier molecular flexibility index (Phi) is 3.21. The van der Waals surface area contributed by atoms with E-state index in [9.17, 15) is 0 Å². The van der Waals surface area contributed by atoms with E-state index in [1.54, 1.807) is 11.8 Å². The molecule has 0 unspecified atom stereocenters. The van der Waals surface area contributed by atoms with Crippen molar-refractivity contribution in [2.45, 2.75) is 5.16 Å². The van der Waals surface area contributed by atoms with Crippen LogP contribution in [0, 0.1) is 0 Å². The molecule has 1 saturated heterocycles. The van der Waals surface area contributed by atoms with Gasteiger partial charge < -0.3 is 10.2 Å². The Labute approximate surface area is 88.1 Å². The van der Waals surface area contributed by atoms with Gasteiger partial charge in [-0.15, -0.1) is 0 Å². The molecule has 2 heterocycles. The molecule has 0 radical (unpaired) electrons. The fourth-order valence-corrected chi connectivity index (χ4v) is 1.85. The molecule has 1 aliphatic heterocycles. The SMILES string of the molecule is CSc1nccc(N2CCNCC2)n1. The van der Waals surface area contributed by atoms with Crippen LogP contribution in [0.2, 0.25) is 0 Å². The molecule has 1 N–H and O–H groups in total. The quantitative estimate of drug-likeness (QED) is 0.572. The van der Waals surface area contributed by atoms with E-state index in [1.807, 2.05) is 18.5 Å². The van der Waals surface area contributed by atoms with Gasteiger partial charge in [-0.25, -0.2) is 9.97 Å². The molecular weight excluding hydrogens is 196 g/mol. The first kappa shape index (κ1) is 9.73. The van der Waals surface area contributed by atoms with Crippen molar-refractivity contribution in [1.29, 1.82) is 0 Å². The highest BCUT2D eigenvalue weighted by atomic mass is 32.2. The first-order valence-corrected chi connectivity index (χ1v) is 5.95. The number of anilines is 1. The largest absolute Gasteiger partial charge is 0.354 e. The predicted octanol–water partition coefficient (Wildman–Crippen LogP) is 0.608. The van der Waals surface area contributed by atoms with Crippen LogP contribution in [0.1, 0.15) is 0 Å². The lowest BCUT2D eigenvalue weighted by Gasteiger charge is -2.28. The van der Waals surface area contributed by atoms with E-state index in [-0.39, 0.29) is 0 Å². The number of hydrogen-bond acceptors (Lipinski definition) is 5. The van der Waals surface area contributed by atoms with Crippen molar-refractivity contribution in [1.82, 2.24) is 15.3 Å². The summed E-state index contributed by atoms with van der Waals surface area (Å²) < 4.78 is 0. The first-order valence-electron chi connectivity index (χ1n) is 4.73. The third kappa shape index (κ3) is 2.16. The van der Waals surface area contributed by atoms with Gasteiger partial charge in [0.15, 0.2) is 5.16 Å². The second-order valence-corrected chi connectivity index (χ2v) is 3.91. The smallest absolute Gasteiger partial charge is 0.189 e. The molecule has 0 aromatic carbocycles. The average Bonchev–Trinajstić information content (AvgIpc) is 2.30. The average molecular weight is 210 g/mol. The van der Waals surface area contributed by atoms with Crippen molar-refractivity contribution in [3.63, 3.8) is 0 Å². The molecule has 1 aliphatic rings. The Morgan fingerprint density at radius 2 is 2.21 bits per heavy atom. The third-order valence-corrected chi connectivity index (χ3v) is 2.80. The number of nitrogens with one attached hydrogen (secondary N) is 1. The second kappa shape index (κ2) is 4.61. The number of hydrogen-bond donors (Lipinski definition) is 1. The van der Waals surface area contributed by atoms with Gasteiger partial charge in [0.2, 0.25) is 0 Å². The fourth-order valence-electron chi connectivity index (χ4n) is 1.50. The number of piperazine rings is 1. The van der Waals surface area contributed by atoms with Crippen LogP contribution < -0.4 is 10.2 Å². The standard InChI is InChI=1S/C9H14N4S/c1-14-9-11-3-2-8(12-9)13-6-4-10-5-7-13/h2-3,10H,4-7H2,1H3. The Morgan fingerprint density at radius 1 is 1.43 bits per heavy atom. The zero-order valence-electron chi connectivity index (χ0n) is 8.23. The topological polar surface area (TPSA) is 41.1 Å². The van der Waals surface area contributed by atoms with Crippen molar-refractivity contribution in [3.8, 4) is 0 Å². The fraction of sp³-hybridized carbons (Fsp3) is 0.556. The minimum absolute atomic E-state index is 0.848. The van der Waals surface area contributed by atoms with Crippen LogP contribution in [0.15, 0.2) is 17.4 Å². The van der Waals surface area contributed by atoms with Crippen molar-refractivity contribution in [2.75, 3.05) is 37.3 Å². The van der Waals surface area contributed by atoms with Crippen LogP contribution in [0.3, 0.4) is 0 Å². The Bertz CT molecular complexity index is 299. The Hall–Kier alpha value is -0.810. The summed E-state index contributed by atoms with van der Waals surface area (Å²) in [6, 6.07) is 1.98. The molecule has 1 aromatic heterocycles. The Balaban J connectivity index is 2.13. The molecular formula is C9H14N4S. The Morgan fingerprint density at radius 3 is 2.93 bits per heavy atom. The summed E-state index contributed by atoms with van der Waals surface area (Å²) in [5.74, 6) is 1.05. The van der Waals surface area contributed by atoms with Gasteiger partial charge in [-0.05, 0) is 12.3 Å². The number of thioether (sulfide) groups is 1. The minimum Gasteiger partial charge on any atom is -0.354 e. The summed E-state index contributed by atoms with van der Waals surface area (Å²) in [6.07, 6.45) is 3.83. The molecule has 0 spiro atoms. The zero-order valence-corrected chi connectivity index (χ0v) is 9.05. The molecule has 76 valence electrons. The van der Waals surface area contributed by atoms with Gasteiger partial charge in [0, 0.05) is 32.4 Å². The maximum absolute atomic E-state index is 4.46. The molecule has 0 aliphatic carbocycles. The molecule has 0 amide bonds. The van der Waals surface area contributed by atoms with Gasteiger partial charge in [-0.1, -0.05) is 11.8 Å². The monoisotopic (exact) mass is 210 g/mol. The van der Waals surface area contributed by atoms with Crippen LogP contribution in [0.4, 0.5) is 5.82 Å². The van der Waals surface area contributed by atoms with Crippen LogP contribution >= 0.6 is 11.8 Å². The van der Waals surface area contributed by atoms with Crippen LogP contribution in [-0.4, -0.2) is 42.4 Å². The zero-order chi connectivity index (χ0) is 9.80. The number of rotatable bonds is 2. The molecule has 14 heavy (non-hydrogen) atoms. The second-order valence-electron chi connectivity index (χ2n) is 3.14. The summed E-state index contributed by atoms with van der Waals surface area (Å²) >= 11 is 1.58. The van der Waals surface area contributed by atoms with Gasteiger partial charge >= 0.3 is 0 Å². The van der Waals surface area contributed by atoms with E-state index in [1.165, 1.54) is 0 Å². The van der Waals surface area contributed by atoms with E-state index < -0.39 is 0 Å². The van der Waals surface area contributed by atoms with Gasteiger partial charge in [0.1, 0.15) is 5.82 Å². The van der Waals surface area contributed by atoms with Crippen molar-refractivity contribution >= 4 is 17.6 Å². The van der Waals surface area contributed by atoms with Gasteiger partial charge in [-0.2, -0.15) is 0 Å². The van der Waals surface area contributed by atoms with Crippen molar-refractivity contribution in [3.05, 3.63) is 12.3 Å². The van der Waals surface area contributed by atoms with Gasteiger partial charge in [-0.3, -0.25) is 0 Å². The lowest BCUT2D eigenvalue weighted by Crippen LogP contribution is -2.43.